The number of fused-ring (bicyclic) bond motifs is 3. The van der Waals surface area contributed by atoms with Crippen molar-refractivity contribution in [2.24, 2.45) is 0 Å². The van der Waals surface area contributed by atoms with Crippen LogP contribution in [0.2, 0.25) is 0 Å². The standard InChI is InChI=1S/C26H26N2O5/c29-25(30)24(28-17-32-15-18-8-2-1-3-9-18)14-27-26(31)33-16-23-21-12-6-4-10-19(21)20-11-5-7-13-22(20)23/h1-13,23-24,28H,14-17H2,(H,27,31)(H,29,30)/t24-/m1/s1. The molecule has 33 heavy (non-hydrogen) atoms. The van der Waals surface area contributed by atoms with E-state index in [0.29, 0.717) is 6.61 Å². The number of carboxylic acid groups (broad SMARTS) is 1. The monoisotopic (exact) mass is 446 g/mol. The average molecular weight is 447 g/mol. The van der Waals surface area contributed by atoms with Gasteiger partial charge in [0.25, 0.3) is 0 Å². The summed E-state index contributed by atoms with van der Waals surface area (Å²) in [5.74, 6) is -1.14. The van der Waals surface area contributed by atoms with Gasteiger partial charge in [0, 0.05) is 12.5 Å². The summed E-state index contributed by atoms with van der Waals surface area (Å²) in [5, 5.41) is 14.7. The zero-order valence-corrected chi connectivity index (χ0v) is 18.1. The van der Waals surface area contributed by atoms with E-state index >= 15 is 0 Å². The lowest BCUT2D eigenvalue weighted by molar-refractivity contribution is -0.139. The van der Waals surface area contributed by atoms with Crippen LogP contribution in [0.3, 0.4) is 0 Å². The third kappa shape index (κ3) is 5.58. The Hall–Kier alpha value is -3.68. The zero-order valence-electron chi connectivity index (χ0n) is 18.1. The van der Waals surface area contributed by atoms with Crippen molar-refractivity contribution in [2.45, 2.75) is 18.6 Å². The molecule has 0 fully saturated rings. The summed E-state index contributed by atoms with van der Waals surface area (Å²) in [7, 11) is 0. The molecule has 1 amide bonds. The molecule has 0 aromatic heterocycles. The van der Waals surface area contributed by atoms with Gasteiger partial charge in [-0.1, -0.05) is 78.9 Å². The molecule has 3 aromatic rings. The van der Waals surface area contributed by atoms with Crippen LogP contribution < -0.4 is 10.6 Å². The van der Waals surface area contributed by atoms with E-state index < -0.39 is 18.1 Å². The summed E-state index contributed by atoms with van der Waals surface area (Å²) < 4.78 is 10.9. The number of aliphatic carboxylic acids is 1. The van der Waals surface area contributed by atoms with Gasteiger partial charge < -0.3 is 19.9 Å². The Kier molecular flexibility index (Phi) is 7.34. The van der Waals surface area contributed by atoms with Gasteiger partial charge in [-0.05, 0) is 27.8 Å². The molecule has 0 saturated heterocycles. The van der Waals surface area contributed by atoms with Gasteiger partial charge >= 0.3 is 12.1 Å². The SMILES string of the molecule is O=C(NC[C@@H](NCOCc1ccccc1)C(=O)O)OCC1c2ccccc2-c2ccccc21. The third-order valence-electron chi connectivity index (χ3n) is 5.64. The van der Waals surface area contributed by atoms with Crippen LogP contribution >= 0.6 is 0 Å². The normalized spacial score (nSPS) is 13.1. The minimum absolute atomic E-state index is 0.0399. The van der Waals surface area contributed by atoms with Gasteiger partial charge in [0.05, 0.1) is 13.3 Å². The molecule has 7 nitrogen and oxygen atoms in total. The lowest BCUT2D eigenvalue weighted by Crippen LogP contribution is -2.47. The van der Waals surface area contributed by atoms with Crippen molar-refractivity contribution >= 4 is 12.1 Å². The van der Waals surface area contributed by atoms with E-state index in [1.807, 2.05) is 66.7 Å². The largest absolute Gasteiger partial charge is 0.480 e. The predicted octanol–water partition coefficient (Wildman–Crippen LogP) is 3.74. The molecule has 1 aliphatic rings. The van der Waals surface area contributed by atoms with Gasteiger partial charge in [0.15, 0.2) is 0 Å². The molecule has 7 heteroatoms. The van der Waals surface area contributed by atoms with Crippen molar-refractivity contribution in [1.82, 2.24) is 10.6 Å². The van der Waals surface area contributed by atoms with Crippen LogP contribution in [0.1, 0.15) is 22.6 Å². The second kappa shape index (κ2) is 10.8. The van der Waals surface area contributed by atoms with Crippen molar-refractivity contribution in [2.75, 3.05) is 19.9 Å². The highest BCUT2D eigenvalue weighted by Gasteiger charge is 2.29. The summed E-state index contributed by atoms with van der Waals surface area (Å²) >= 11 is 0. The molecular formula is C26H26N2O5. The van der Waals surface area contributed by atoms with Crippen LogP contribution in [-0.4, -0.2) is 43.1 Å². The first kappa shape index (κ1) is 22.5. The fourth-order valence-electron chi connectivity index (χ4n) is 3.98. The Balaban J connectivity index is 1.25. The molecule has 4 rings (SSSR count). The Morgan fingerprint density at radius 3 is 2.12 bits per heavy atom. The van der Waals surface area contributed by atoms with Crippen LogP contribution in [0.4, 0.5) is 4.79 Å². The molecular weight excluding hydrogens is 420 g/mol. The van der Waals surface area contributed by atoms with Gasteiger partial charge in [-0.15, -0.1) is 0 Å². The second-order valence-electron chi connectivity index (χ2n) is 7.78. The van der Waals surface area contributed by atoms with Crippen LogP contribution in [0, 0.1) is 0 Å². The number of ether oxygens (including phenoxy) is 2. The number of rotatable bonds is 10. The van der Waals surface area contributed by atoms with Crippen molar-refractivity contribution in [3.05, 3.63) is 95.6 Å². The quantitative estimate of drug-likeness (QED) is 0.324. The minimum atomic E-state index is -1.09. The van der Waals surface area contributed by atoms with E-state index in [0.717, 1.165) is 27.8 Å². The minimum Gasteiger partial charge on any atom is -0.480 e. The topological polar surface area (TPSA) is 96.9 Å². The maximum Gasteiger partial charge on any atom is 0.407 e. The summed E-state index contributed by atoms with van der Waals surface area (Å²) in [6.07, 6.45) is -0.657. The van der Waals surface area contributed by atoms with Crippen LogP contribution in [-0.2, 0) is 20.9 Å². The van der Waals surface area contributed by atoms with Gasteiger partial charge in [0.1, 0.15) is 12.6 Å². The van der Waals surface area contributed by atoms with Gasteiger partial charge in [-0.2, -0.15) is 0 Å². The summed E-state index contributed by atoms with van der Waals surface area (Å²) in [5.41, 5.74) is 5.52. The number of carboxylic acids is 1. The van der Waals surface area contributed by atoms with E-state index in [-0.39, 0.29) is 25.8 Å². The van der Waals surface area contributed by atoms with Crippen molar-refractivity contribution in [1.29, 1.82) is 0 Å². The number of hydrogen-bond acceptors (Lipinski definition) is 5. The first-order chi connectivity index (χ1) is 16.1. The number of hydrogen-bond donors (Lipinski definition) is 3. The molecule has 0 radical (unpaired) electrons. The van der Waals surface area contributed by atoms with E-state index in [9.17, 15) is 14.7 Å². The maximum atomic E-state index is 12.3. The first-order valence-corrected chi connectivity index (χ1v) is 10.8. The molecule has 0 unspecified atom stereocenters. The molecule has 0 spiro atoms. The summed E-state index contributed by atoms with van der Waals surface area (Å²) in [6.45, 7) is 0.449. The van der Waals surface area contributed by atoms with Crippen LogP contribution in [0.15, 0.2) is 78.9 Å². The Labute approximate surface area is 192 Å². The smallest absolute Gasteiger partial charge is 0.407 e. The summed E-state index contributed by atoms with van der Waals surface area (Å²) in [6, 6.07) is 24.7. The molecule has 0 heterocycles. The number of alkyl carbamates (subject to hydrolysis) is 1. The van der Waals surface area contributed by atoms with E-state index in [1.54, 1.807) is 0 Å². The average Bonchev–Trinajstić information content (AvgIpc) is 3.16. The number of carbonyl (C=O) groups is 2. The fourth-order valence-corrected chi connectivity index (χ4v) is 3.98. The van der Waals surface area contributed by atoms with Gasteiger partial charge in [-0.25, -0.2) is 4.79 Å². The number of nitrogens with one attached hydrogen (secondary N) is 2. The Morgan fingerprint density at radius 1 is 0.879 bits per heavy atom. The highest BCUT2D eigenvalue weighted by molar-refractivity contribution is 5.79. The van der Waals surface area contributed by atoms with Gasteiger partial charge in [-0.3, -0.25) is 10.1 Å². The fraction of sp³-hybridized carbons (Fsp3) is 0.231. The van der Waals surface area contributed by atoms with E-state index in [2.05, 4.69) is 22.8 Å². The molecule has 3 aromatic carbocycles. The first-order valence-electron chi connectivity index (χ1n) is 10.8. The lowest BCUT2D eigenvalue weighted by atomic mass is 9.98. The zero-order chi connectivity index (χ0) is 23.0. The second-order valence-corrected chi connectivity index (χ2v) is 7.78. The highest BCUT2D eigenvalue weighted by Crippen LogP contribution is 2.44. The molecule has 0 bridgehead atoms. The Bertz CT molecular complexity index is 1060. The van der Waals surface area contributed by atoms with Crippen molar-refractivity contribution in [3.63, 3.8) is 0 Å². The predicted molar refractivity (Wildman–Crippen MR) is 124 cm³/mol. The molecule has 1 atom stereocenters. The van der Waals surface area contributed by atoms with Gasteiger partial charge in [0.2, 0.25) is 0 Å². The van der Waals surface area contributed by atoms with Crippen LogP contribution in [0.25, 0.3) is 11.1 Å². The molecule has 0 aliphatic heterocycles. The number of amides is 1. The summed E-state index contributed by atoms with van der Waals surface area (Å²) in [4.78, 5) is 23.8. The lowest BCUT2D eigenvalue weighted by Gasteiger charge is -2.17. The van der Waals surface area contributed by atoms with E-state index in [4.69, 9.17) is 9.47 Å². The van der Waals surface area contributed by atoms with E-state index in [1.165, 1.54) is 0 Å². The highest BCUT2D eigenvalue weighted by atomic mass is 16.5. The molecule has 1 aliphatic carbocycles. The van der Waals surface area contributed by atoms with Crippen molar-refractivity contribution in [3.8, 4) is 11.1 Å². The number of carbonyl (C=O) groups excluding carboxylic acids is 1. The molecule has 170 valence electrons. The third-order valence-corrected chi connectivity index (χ3v) is 5.64. The molecule has 0 saturated carbocycles. The Morgan fingerprint density at radius 2 is 1.48 bits per heavy atom. The van der Waals surface area contributed by atoms with Crippen molar-refractivity contribution < 1.29 is 24.2 Å². The van der Waals surface area contributed by atoms with Crippen LogP contribution in [0.5, 0.6) is 0 Å². The maximum absolute atomic E-state index is 12.3. The molecule has 3 N–H and O–H groups in total. The number of benzene rings is 3.